The fourth-order valence-electron chi connectivity index (χ4n) is 6.92. The Balaban J connectivity index is 1.34. The van der Waals surface area contributed by atoms with E-state index in [9.17, 15) is 14.4 Å². The lowest BCUT2D eigenvalue weighted by atomic mass is 9.67. The molecule has 4 atom stereocenters. The highest BCUT2D eigenvalue weighted by molar-refractivity contribution is 6.29. The molecular formula is C33H41Cl2FN6O4. The number of nitrogens with one attached hydrogen (secondary N) is 4. The van der Waals surface area contributed by atoms with Crippen LogP contribution in [-0.4, -0.2) is 64.1 Å². The van der Waals surface area contributed by atoms with E-state index < -0.39 is 29.4 Å². The normalized spacial score (nSPS) is 27.6. The van der Waals surface area contributed by atoms with Crippen molar-refractivity contribution in [2.75, 3.05) is 11.9 Å². The topological polar surface area (TPSA) is 134 Å². The van der Waals surface area contributed by atoms with Gasteiger partial charge in [0.1, 0.15) is 17.1 Å². The van der Waals surface area contributed by atoms with Gasteiger partial charge in [-0.1, -0.05) is 43.1 Å². The van der Waals surface area contributed by atoms with Gasteiger partial charge in [0.2, 0.25) is 17.7 Å². The number of pyridine rings is 2. The van der Waals surface area contributed by atoms with Crippen LogP contribution >= 0.6 is 23.2 Å². The number of halogens is 3. The van der Waals surface area contributed by atoms with E-state index in [1.807, 2.05) is 0 Å². The Bertz CT molecular complexity index is 1490. The van der Waals surface area contributed by atoms with Crippen LogP contribution in [0, 0.1) is 11.2 Å². The van der Waals surface area contributed by atoms with Gasteiger partial charge in [-0.2, -0.15) is 0 Å². The maximum atomic E-state index is 15.8. The molecule has 13 heteroatoms. The summed E-state index contributed by atoms with van der Waals surface area (Å²) in [5.41, 5.74) is 0.159. The minimum Gasteiger partial charge on any atom is -0.366 e. The van der Waals surface area contributed by atoms with Crippen molar-refractivity contribution >= 4 is 46.7 Å². The highest BCUT2D eigenvalue weighted by Gasteiger charge is 2.46. The van der Waals surface area contributed by atoms with Crippen LogP contribution in [0.5, 0.6) is 0 Å². The van der Waals surface area contributed by atoms with Crippen LogP contribution in [0.2, 0.25) is 10.3 Å². The van der Waals surface area contributed by atoms with E-state index in [0.29, 0.717) is 31.2 Å². The number of carbonyl (C=O) groups excluding carboxylic acids is 3. The summed E-state index contributed by atoms with van der Waals surface area (Å²) in [6.07, 6.45) is 7.08. The highest BCUT2D eigenvalue weighted by atomic mass is 35.5. The molecule has 6 rings (SSSR count). The second kappa shape index (κ2) is 13.3. The van der Waals surface area contributed by atoms with Gasteiger partial charge in [-0.25, -0.2) is 14.4 Å². The summed E-state index contributed by atoms with van der Waals surface area (Å²) in [6.45, 7) is 4.57. The molecule has 248 valence electrons. The lowest BCUT2D eigenvalue weighted by Gasteiger charge is -2.47. The smallest absolute Gasteiger partial charge is 0.249 e. The van der Waals surface area contributed by atoms with Gasteiger partial charge < -0.3 is 20.7 Å². The van der Waals surface area contributed by atoms with Gasteiger partial charge in [0.05, 0.1) is 18.7 Å². The maximum Gasteiger partial charge on any atom is 0.249 e. The molecule has 2 aromatic rings. The molecule has 0 unspecified atom stereocenters. The van der Waals surface area contributed by atoms with Crippen LogP contribution in [0.3, 0.4) is 0 Å². The molecule has 3 amide bonds. The van der Waals surface area contributed by atoms with E-state index in [2.05, 4.69) is 45.1 Å². The van der Waals surface area contributed by atoms with Crippen LogP contribution in [0.1, 0.15) is 88.7 Å². The molecule has 4 heterocycles. The van der Waals surface area contributed by atoms with E-state index in [-0.39, 0.29) is 76.4 Å². The van der Waals surface area contributed by atoms with E-state index in [1.165, 1.54) is 6.20 Å². The van der Waals surface area contributed by atoms with Crippen LogP contribution in [0.4, 0.5) is 10.2 Å². The average molecular weight is 676 g/mol. The molecular weight excluding hydrogens is 634 g/mol. The Kier molecular flexibility index (Phi) is 9.58. The number of fused-ring (bicyclic) bond motifs is 1. The summed E-state index contributed by atoms with van der Waals surface area (Å²) in [5.74, 6) is -1.88. The summed E-state index contributed by atoms with van der Waals surface area (Å²) in [4.78, 5) is 48.9. The molecule has 46 heavy (non-hydrogen) atoms. The Hall–Kier alpha value is -2.86. The molecule has 2 aromatic heterocycles. The van der Waals surface area contributed by atoms with Crippen LogP contribution < -0.4 is 21.3 Å². The molecule has 0 bridgehead atoms. The number of aromatic nitrogens is 2. The second-order valence-electron chi connectivity index (χ2n) is 14.1. The lowest BCUT2D eigenvalue weighted by Crippen LogP contribution is -2.62. The second-order valence-corrected chi connectivity index (χ2v) is 14.9. The fourth-order valence-corrected chi connectivity index (χ4v) is 7.24. The third kappa shape index (κ3) is 7.64. The van der Waals surface area contributed by atoms with E-state index in [4.69, 9.17) is 27.9 Å². The summed E-state index contributed by atoms with van der Waals surface area (Å²) in [6, 6.07) is 3.81. The van der Waals surface area contributed by atoms with Crippen molar-refractivity contribution in [2.24, 2.45) is 5.41 Å². The van der Waals surface area contributed by atoms with Crippen molar-refractivity contribution in [1.29, 1.82) is 0 Å². The van der Waals surface area contributed by atoms with Crippen LogP contribution in [0.25, 0.3) is 0 Å². The van der Waals surface area contributed by atoms with Crippen molar-refractivity contribution < 1.29 is 23.5 Å². The highest BCUT2D eigenvalue weighted by Crippen LogP contribution is 2.44. The number of carbonyl (C=O) groups is 3. The zero-order chi connectivity index (χ0) is 32.6. The molecule has 4 aliphatic rings. The van der Waals surface area contributed by atoms with Gasteiger partial charge in [0, 0.05) is 30.1 Å². The molecule has 2 saturated carbocycles. The third-order valence-electron chi connectivity index (χ3n) is 9.96. The Morgan fingerprint density at radius 3 is 2.41 bits per heavy atom. The monoisotopic (exact) mass is 674 g/mol. The van der Waals surface area contributed by atoms with E-state index in [1.54, 1.807) is 18.2 Å². The molecule has 1 spiro atoms. The number of hydrogen-bond donors (Lipinski definition) is 4. The molecule has 10 nitrogen and oxygen atoms in total. The number of nitrogens with zero attached hydrogens (tertiary/aromatic N) is 2. The van der Waals surface area contributed by atoms with Crippen LogP contribution in [0.15, 0.2) is 24.4 Å². The largest absolute Gasteiger partial charge is 0.366 e. The number of ether oxygens (including phenoxy) is 1. The fraction of sp³-hybridized carbons (Fsp3) is 0.606. The first-order valence-electron chi connectivity index (χ1n) is 16.2. The minimum atomic E-state index is -0.959. The van der Waals surface area contributed by atoms with Crippen molar-refractivity contribution in [1.82, 2.24) is 25.9 Å². The summed E-state index contributed by atoms with van der Waals surface area (Å²) < 4.78 is 21.7. The summed E-state index contributed by atoms with van der Waals surface area (Å²) in [5, 5.41) is 12.6. The van der Waals surface area contributed by atoms with Gasteiger partial charge in [-0.3, -0.25) is 19.7 Å². The first-order valence-corrected chi connectivity index (χ1v) is 16.9. The Morgan fingerprint density at radius 1 is 1.00 bits per heavy atom. The molecule has 0 aromatic carbocycles. The van der Waals surface area contributed by atoms with Crippen molar-refractivity contribution in [3.05, 3.63) is 51.6 Å². The lowest BCUT2D eigenvalue weighted by molar-refractivity contribution is -0.137. The molecule has 1 saturated heterocycles. The molecule has 0 radical (unpaired) electrons. The minimum absolute atomic E-state index is 0.0735. The first-order chi connectivity index (χ1) is 21.9. The first kappa shape index (κ1) is 33.1. The number of anilines is 1. The molecule has 2 aliphatic carbocycles. The molecule has 3 fully saturated rings. The van der Waals surface area contributed by atoms with Crippen molar-refractivity contribution in [3.8, 4) is 0 Å². The van der Waals surface area contributed by atoms with E-state index >= 15 is 4.39 Å². The zero-order valence-electron chi connectivity index (χ0n) is 26.1. The Labute approximate surface area is 278 Å². The predicted octanol–water partition coefficient (Wildman–Crippen LogP) is 4.83. The van der Waals surface area contributed by atoms with Gasteiger partial charge >= 0.3 is 0 Å². The number of amides is 3. The third-order valence-corrected chi connectivity index (χ3v) is 10.4. The molecule has 2 aliphatic heterocycles. The number of rotatable bonds is 5. The van der Waals surface area contributed by atoms with Gasteiger partial charge in [-0.05, 0) is 86.5 Å². The summed E-state index contributed by atoms with van der Waals surface area (Å²) >= 11 is 12.4. The van der Waals surface area contributed by atoms with E-state index in [0.717, 1.165) is 25.7 Å². The van der Waals surface area contributed by atoms with Gasteiger partial charge in [-0.15, -0.1) is 0 Å². The SMILES string of the molecule is CC1(C)CCC2(CC1)CC(=O)Nc1nc(Cl)ccc1C[C@@H](c1ccnc(Cl)c1F)[C@H](C(=O)N[C@@H]1CC[C@@H](C(=O)NC3CC3)OC1)N2. The van der Waals surface area contributed by atoms with Crippen molar-refractivity contribution in [2.45, 2.75) is 114 Å². The van der Waals surface area contributed by atoms with Gasteiger partial charge in [0.15, 0.2) is 11.0 Å². The van der Waals surface area contributed by atoms with Gasteiger partial charge in [0.25, 0.3) is 0 Å². The van der Waals surface area contributed by atoms with Crippen LogP contribution in [-0.2, 0) is 25.5 Å². The Morgan fingerprint density at radius 2 is 1.72 bits per heavy atom. The standard InChI is InChI=1S/C33H41Cl2FN6O4/c1-32(2)10-12-33(13-11-32)16-25(43)41-29-18(3-8-24(34)40-29)15-22(21-9-14-37-28(35)26(21)36)27(42-33)31(45)39-20-6-7-23(46-17-20)30(44)38-19-4-5-19/h3,8-9,14,19-20,22-23,27,42H,4-7,10-13,15-17H2,1-2H3,(H,38,44)(H,39,45)(H,40,41,43)/t20-,22+,23+,27-/m1/s1. The summed E-state index contributed by atoms with van der Waals surface area (Å²) in [7, 11) is 0. The zero-order valence-corrected chi connectivity index (χ0v) is 27.6. The number of hydrogen-bond acceptors (Lipinski definition) is 7. The van der Waals surface area contributed by atoms with Crippen molar-refractivity contribution in [3.63, 3.8) is 0 Å². The molecule has 4 N–H and O–H groups in total. The quantitative estimate of drug-likeness (QED) is 0.334. The average Bonchev–Trinajstić information content (AvgIpc) is 3.83. The predicted molar refractivity (Wildman–Crippen MR) is 172 cm³/mol. The maximum absolute atomic E-state index is 15.8.